The molecule has 0 spiro atoms. The molecular weight excluding hydrogens is 564 g/mol. The first-order valence-corrected chi connectivity index (χ1v) is 13.1. The summed E-state index contributed by atoms with van der Waals surface area (Å²) in [7, 11) is 2.75. The molecule has 2 aromatic rings. The van der Waals surface area contributed by atoms with Gasteiger partial charge in [-0.25, -0.2) is 15.5 Å². The topological polar surface area (TPSA) is 179 Å². The monoisotopic (exact) mass is 604 g/mol. The predicted octanol–water partition coefficient (Wildman–Crippen LogP) is 3.22. The highest BCUT2D eigenvalue weighted by molar-refractivity contribution is 6.36. The van der Waals surface area contributed by atoms with Gasteiger partial charge >= 0.3 is 11.9 Å². The van der Waals surface area contributed by atoms with E-state index >= 15 is 0 Å². The molecule has 0 bridgehead atoms. The number of benzene rings is 2. The van der Waals surface area contributed by atoms with E-state index in [0.29, 0.717) is 6.61 Å². The van der Waals surface area contributed by atoms with Gasteiger partial charge in [0.05, 0.1) is 6.61 Å². The van der Waals surface area contributed by atoms with E-state index in [1.165, 1.54) is 28.1 Å². The molecule has 2 rings (SSSR count). The van der Waals surface area contributed by atoms with Gasteiger partial charge in [0.25, 0.3) is 0 Å². The van der Waals surface area contributed by atoms with Crippen molar-refractivity contribution >= 4 is 35.0 Å². The third kappa shape index (κ3) is 22.0. The predicted molar refractivity (Wildman–Crippen MR) is 155 cm³/mol. The van der Waals surface area contributed by atoms with Gasteiger partial charge in [0.15, 0.2) is 19.3 Å². The lowest BCUT2D eigenvalue weighted by Crippen LogP contribution is -2.20. The van der Waals surface area contributed by atoms with E-state index in [2.05, 4.69) is 24.2 Å². The number of hydrogen-bond acceptors (Lipinski definition) is 13. The van der Waals surface area contributed by atoms with Crippen LogP contribution in [0.2, 0.25) is 0 Å². The van der Waals surface area contributed by atoms with Crippen molar-refractivity contribution in [3.05, 3.63) is 71.8 Å². The third-order valence-electron chi connectivity index (χ3n) is 4.84. The minimum absolute atomic E-state index is 0.0368. The van der Waals surface area contributed by atoms with E-state index in [4.69, 9.17) is 15.5 Å². The van der Waals surface area contributed by atoms with Crippen molar-refractivity contribution in [1.29, 1.82) is 0 Å². The molecule has 0 saturated carbocycles. The fourth-order valence-corrected chi connectivity index (χ4v) is 2.69. The van der Waals surface area contributed by atoms with Crippen LogP contribution in [0.4, 0.5) is 0 Å². The molecule has 0 radical (unpaired) electrons. The first kappa shape index (κ1) is 38.7. The second kappa shape index (κ2) is 25.4. The summed E-state index contributed by atoms with van der Waals surface area (Å²) in [6, 6.07) is 19.2. The fraction of sp³-hybridized carbons (Fsp3) is 0.400. The average molecular weight is 605 g/mol. The molecule has 0 heterocycles. The van der Waals surface area contributed by atoms with E-state index in [1.807, 2.05) is 60.7 Å². The van der Waals surface area contributed by atoms with Crippen LogP contribution in [0.3, 0.4) is 0 Å². The van der Waals surface area contributed by atoms with Crippen LogP contribution in [0, 0.1) is 0 Å². The number of ketones is 3. The summed E-state index contributed by atoms with van der Waals surface area (Å²) in [5.41, 5.74) is 2.09. The maximum atomic E-state index is 11.7. The second-order valence-corrected chi connectivity index (χ2v) is 8.60. The molecule has 0 saturated heterocycles. The van der Waals surface area contributed by atoms with Crippen LogP contribution in [0.15, 0.2) is 65.8 Å². The first-order valence-electron chi connectivity index (χ1n) is 13.1. The molecule has 0 unspecified atom stereocenters. The molecule has 0 atom stereocenters. The number of Topliss-reactive ketones (excluding diaryl/α,β-unsaturated/α-hetero) is 3. The van der Waals surface area contributed by atoms with Crippen LogP contribution in [0.5, 0.6) is 0 Å². The number of methoxy groups -OCH3 is 2. The Morgan fingerprint density at radius 2 is 1.12 bits per heavy atom. The maximum Gasteiger partial charge on any atom is 0.376 e. The summed E-state index contributed by atoms with van der Waals surface area (Å²) in [6.07, 6.45) is 0.348. The summed E-state index contributed by atoms with van der Waals surface area (Å²) >= 11 is 0. The summed E-state index contributed by atoms with van der Waals surface area (Å²) in [6.45, 7) is 3.11. The van der Waals surface area contributed by atoms with E-state index in [9.17, 15) is 24.0 Å². The van der Waals surface area contributed by atoms with Crippen molar-refractivity contribution in [2.75, 3.05) is 27.8 Å². The normalized spacial score (nSPS) is 10.2. The molecule has 2 aromatic carbocycles. The van der Waals surface area contributed by atoms with Crippen LogP contribution in [0.25, 0.3) is 0 Å². The van der Waals surface area contributed by atoms with E-state index in [0.717, 1.165) is 11.1 Å². The Morgan fingerprint density at radius 1 is 0.651 bits per heavy atom. The maximum absolute atomic E-state index is 11.7. The van der Waals surface area contributed by atoms with E-state index < -0.39 is 17.7 Å². The molecule has 0 fully saturated rings. The highest BCUT2D eigenvalue weighted by atomic mass is 16.7. The first-order chi connectivity index (χ1) is 20.6. The van der Waals surface area contributed by atoms with Crippen molar-refractivity contribution in [2.45, 2.75) is 52.7 Å². The van der Waals surface area contributed by atoms with Crippen LogP contribution in [0.1, 0.15) is 50.7 Å². The minimum Gasteiger partial charge on any atom is -0.434 e. The Balaban J connectivity index is 0.000000680. The standard InChI is InChI=1S/C15H19NO5.C8H12O5.C7H9NO/c1-12(17)8-9-14(15(18)20-11-19-2)16-21-10-13-6-4-3-5-7-13;1-6(9)3-4-7(10)8(11)13-5-12-2;8-9-6-7-4-2-1-3-5-7/h3-7H,8-11H2,1-2H3;3-5H2,1-2H3;1-5H,6,8H2. The van der Waals surface area contributed by atoms with Crippen molar-refractivity contribution < 1.29 is 52.6 Å². The molecule has 0 aromatic heterocycles. The number of carbonyl (C=O) groups excluding carboxylic acids is 5. The Labute approximate surface area is 251 Å². The van der Waals surface area contributed by atoms with Gasteiger partial charge in [0.1, 0.15) is 18.2 Å². The molecule has 0 aliphatic rings. The summed E-state index contributed by atoms with van der Waals surface area (Å²) in [4.78, 5) is 64.4. The highest BCUT2D eigenvalue weighted by Crippen LogP contribution is 2.04. The summed E-state index contributed by atoms with van der Waals surface area (Å²) in [5, 5.41) is 3.78. The molecule has 0 aliphatic heterocycles. The zero-order chi connectivity index (χ0) is 32.3. The van der Waals surface area contributed by atoms with Crippen LogP contribution < -0.4 is 5.90 Å². The highest BCUT2D eigenvalue weighted by Gasteiger charge is 2.16. The lowest BCUT2D eigenvalue weighted by Gasteiger charge is -2.06. The van der Waals surface area contributed by atoms with Crippen LogP contribution >= 0.6 is 0 Å². The van der Waals surface area contributed by atoms with Crippen LogP contribution in [-0.2, 0) is 65.8 Å². The van der Waals surface area contributed by atoms with Crippen molar-refractivity contribution in [1.82, 2.24) is 0 Å². The van der Waals surface area contributed by atoms with Gasteiger partial charge in [-0.1, -0.05) is 65.8 Å². The van der Waals surface area contributed by atoms with E-state index in [-0.39, 0.29) is 63.2 Å². The van der Waals surface area contributed by atoms with Gasteiger partial charge in [-0.2, -0.15) is 0 Å². The molecule has 13 heteroatoms. The number of hydrogen-bond donors (Lipinski definition) is 1. The Hall–Kier alpha value is -4.30. The SMILES string of the molecule is COCOC(=O)C(=O)CCC(C)=O.COCOC(=O)C(CCC(C)=O)=NOCc1ccccc1.NOCc1ccccc1. The molecule has 0 amide bonds. The number of nitrogens with zero attached hydrogens (tertiary/aromatic N) is 1. The lowest BCUT2D eigenvalue weighted by molar-refractivity contribution is -0.161. The number of nitrogens with two attached hydrogens (primary N) is 1. The van der Waals surface area contributed by atoms with Gasteiger partial charge in [-0.3, -0.25) is 9.63 Å². The molecule has 13 nitrogen and oxygen atoms in total. The molecule has 2 N–H and O–H groups in total. The quantitative estimate of drug-likeness (QED) is 0.0917. The molecule has 43 heavy (non-hydrogen) atoms. The van der Waals surface area contributed by atoms with Crippen molar-refractivity contribution in [3.63, 3.8) is 0 Å². The largest absolute Gasteiger partial charge is 0.434 e. The third-order valence-corrected chi connectivity index (χ3v) is 4.84. The van der Waals surface area contributed by atoms with Gasteiger partial charge < -0.3 is 33.4 Å². The smallest absolute Gasteiger partial charge is 0.376 e. The number of carbonyl (C=O) groups is 5. The van der Waals surface area contributed by atoms with Gasteiger partial charge in [0.2, 0.25) is 5.78 Å². The number of rotatable bonds is 17. The summed E-state index contributed by atoms with van der Waals surface area (Å²) < 4.78 is 18.3. The zero-order valence-electron chi connectivity index (χ0n) is 24.9. The molecule has 236 valence electrons. The number of esters is 2. The van der Waals surface area contributed by atoms with Gasteiger partial charge in [-0.15, -0.1) is 0 Å². The number of ether oxygens (including phenoxy) is 4. The van der Waals surface area contributed by atoms with Crippen molar-refractivity contribution in [2.24, 2.45) is 11.1 Å². The fourth-order valence-electron chi connectivity index (χ4n) is 2.69. The Kier molecular flexibility index (Phi) is 22.9. The molecule has 0 aliphatic carbocycles. The molecular formula is C30H40N2O11. The van der Waals surface area contributed by atoms with Gasteiger partial charge in [0, 0.05) is 39.9 Å². The Bertz CT molecular complexity index is 1120. The lowest BCUT2D eigenvalue weighted by atomic mass is 10.1. The van der Waals surface area contributed by atoms with E-state index in [1.54, 1.807) is 0 Å². The van der Waals surface area contributed by atoms with Crippen molar-refractivity contribution in [3.8, 4) is 0 Å². The zero-order valence-corrected chi connectivity index (χ0v) is 24.9. The number of oxime groups is 1. The summed E-state index contributed by atoms with van der Waals surface area (Å²) in [5.74, 6) is 2.39. The second-order valence-electron chi connectivity index (χ2n) is 8.60. The average Bonchev–Trinajstić information content (AvgIpc) is 3.00. The van der Waals surface area contributed by atoms with Crippen LogP contribution in [-0.4, -0.2) is 62.8 Å². The Morgan fingerprint density at radius 3 is 1.58 bits per heavy atom. The van der Waals surface area contributed by atoms with Gasteiger partial charge in [-0.05, 0) is 25.0 Å². The minimum atomic E-state index is -0.955.